The van der Waals surface area contributed by atoms with Gasteiger partial charge in [0.15, 0.2) is 5.78 Å². The third-order valence-corrected chi connectivity index (χ3v) is 3.17. The van der Waals surface area contributed by atoms with Crippen LogP contribution in [-0.4, -0.2) is 30.1 Å². The zero-order valence-corrected chi connectivity index (χ0v) is 8.95. The number of esters is 1. The Hall–Kier alpha value is -0.900. The van der Waals surface area contributed by atoms with Crippen molar-refractivity contribution in [3.8, 4) is 0 Å². The predicted octanol–water partition coefficient (Wildman–Crippen LogP) is 1.22. The normalized spacial score (nSPS) is 28.6. The Bertz CT molecular complexity index is 278. The van der Waals surface area contributed by atoms with E-state index in [0.717, 1.165) is 25.7 Å². The first kappa shape index (κ1) is 10.6. The average Bonchev–Trinajstić information content (AvgIpc) is 2.75. The molecule has 84 valence electrons. The molecule has 0 N–H and O–H groups in total. The lowest BCUT2D eigenvalue weighted by Crippen LogP contribution is -2.31. The molecule has 2 rings (SSSR count). The molecule has 4 heteroatoms. The highest BCUT2D eigenvalue weighted by molar-refractivity contribution is 6.03. The Morgan fingerprint density at radius 2 is 2.20 bits per heavy atom. The fourth-order valence-electron chi connectivity index (χ4n) is 2.48. The van der Waals surface area contributed by atoms with Gasteiger partial charge in [-0.15, -0.1) is 0 Å². The van der Waals surface area contributed by atoms with Gasteiger partial charge in [0.1, 0.15) is 0 Å². The maximum atomic E-state index is 11.6. The minimum atomic E-state index is -0.956. The zero-order valence-electron chi connectivity index (χ0n) is 8.95. The van der Waals surface area contributed by atoms with Gasteiger partial charge in [-0.2, -0.15) is 0 Å². The second-order valence-electron chi connectivity index (χ2n) is 4.28. The summed E-state index contributed by atoms with van der Waals surface area (Å²) in [6.45, 7) is 2.02. The number of hydrogen-bond acceptors (Lipinski definition) is 4. The van der Waals surface area contributed by atoms with E-state index in [0.29, 0.717) is 13.0 Å². The van der Waals surface area contributed by atoms with Crippen LogP contribution >= 0.6 is 0 Å². The number of carbonyl (C=O) groups is 2. The van der Waals surface area contributed by atoms with Crippen LogP contribution in [0.4, 0.5) is 0 Å². The smallest absolute Gasteiger partial charge is 0.343 e. The maximum absolute atomic E-state index is 11.6. The molecule has 0 bridgehead atoms. The predicted molar refractivity (Wildman–Crippen MR) is 52.3 cm³/mol. The van der Waals surface area contributed by atoms with Crippen LogP contribution < -0.4 is 0 Å². The molecule has 2 fully saturated rings. The molecule has 1 atom stereocenters. The Labute approximate surface area is 88.9 Å². The topological polar surface area (TPSA) is 52.6 Å². The molecule has 1 saturated heterocycles. The molecule has 2 aliphatic rings. The molecule has 0 aromatic carbocycles. The van der Waals surface area contributed by atoms with Crippen molar-refractivity contribution in [1.29, 1.82) is 0 Å². The first-order valence-corrected chi connectivity index (χ1v) is 5.54. The molecule has 15 heavy (non-hydrogen) atoms. The van der Waals surface area contributed by atoms with Crippen LogP contribution in [0.25, 0.3) is 0 Å². The monoisotopic (exact) mass is 212 g/mol. The second-order valence-corrected chi connectivity index (χ2v) is 4.28. The minimum Gasteiger partial charge on any atom is -0.464 e. The van der Waals surface area contributed by atoms with Crippen LogP contribution in [0.1, 0.15) is 39.0 Å². The molecule has 1 heterocycles. The summed E-state index contributed by atoms with van der Waals surface area (Å²) in [5.74, 6) is -0.637. The third kappa shape index (κ3) is 1.91. The molecule has 1 aliphatic heterocycles. The SMILES string of the molecule is CCOC(=O)C1OC2(CCCC2)CC1=O. The van der Waals surface area contributed by atoms with Crippen molar-refractivity contribution in [3.63, 3.8) is 0 Å². The number of Topliss-reactive ketones (excluding diaryl/α,β-unsaturated/α-hetero) is 1. The summed E-state index contributed by atoms with van der Waals surface area (Å²) in [5, 5.41) is 0. The number of rotatable bonds is 2. The summed E-state index contributed by atoms with van der Waals surface area (Å²) in [4.78, 5) is 23.1. The average molecular weight is 212 g/mol. The molecule has 1 saturated carbocycles. The lowest BCUT2D eigenvalue weighted by molar-refractivity contribution is -0.162. The van der Waals surface area contributed by atoms with Crippen LogP contribution in [-0.2, 0) is 19.1 Å². The van der Waals surface area contributed by atoms with Crippen molar-refractivity contribution in [2.75, 3.05) is 6.61 Å². The first-order valence-electron chi connectivity index (χ1n) is 5.54. The molecular formula is C11H16O4. The van der Waals surface area contributed by atoms with Crippen molar-refractivity contribution in [1.82, 2.24) is 0 Å². The lowest BCUT2D eigenvalue weighted by atomic mass is 9.97. The minimum absolute atomic E-state index is 0.115. The Kier molecular flexibility index (Phi) is 2.78. The quantitative estimate of drug-likeness (QED) is 0.510. The van der Waals surface area contributed by atoms with E-state index in [9.17, 15) is 9.59 Å². The van der Waals surface area contributed by atoms with E-state index in [1.54, 1.807) is 6.92 Å². The van der Waals surface area contributed by atoms with Gasteiger partial charge in [-0.1, -0.05) is 12.8 Å². The number of ketones is 1. The van der Waals surface area contributed by atoms with Gasteiger partial charge in [0.2, 0.25) is 6.10 Å². The molecular weight excluding hydrogens is 196 g/mol. The van der Waals surface area contributed by atoms with Gasteiger partial charge in [0.05, 0.1) is 12.2 Å². The van der Waals surface area contributed by atoms with Gasteiger partial charge in [0, 0.05) is 6.42 Å². The van der Waals surface area contributed by atoms with Gasteiger partial charge >= 0.3 is 5.97 Å². The Balaban J connectivity index is 2.03. The number of ether oxygens (including phenoxy) is 2. The molecule has 1 unspecified atom stereocenters. The Morgan fingerprint density at radius 3 is 2.80 bits per heavy atom. The molecule has 1 aliphatic carbocycles. The van der Waals surface area contributed by atoms with Crippen molar-refractivity contribution in [2.24, 2.45) is 0 Å². The van der Waals surface area contributed by atoms with Crippen molar-refractivity contribution in [2.45, 2.75) is 50.7 Å². The molecule has 4 nitrogen and oxygen atoms in total. The second kappa shape index (κ2) is 3.93. The van der Waals surface area contributed by atoms with Gasteiger partial charge in [0.25, 0.3) is 0 Å². The third-order valence-electron chi connectivity index (χ3n) is 3.17. The molecule has 0 radical (unpaired) electrons. The molecule has 1 spiro atoms. The standard InChI is InChI=1S/C11H16O4/c1-2-14-10(13)9-8(12)7-11(15-9)5-3-4-6-11/h9H,2-7H2,1H3. The van der Waals surface area contributed by atoms with Crippen molar-refractivity contribution in [3.05, 3.63) is 0 Å². The van der Waals surface area contributed by atoms with Crippen molar-refractivity contribution < 1.29 is 19.1 Å². The van der Waals surface area contributed by atoms with Crippen LogP contribution in [0, 0.1) is 0 Å². The van der Waals surface area contributed by atoms with Gasteiger partial charge < -0.3 is 9.47 Å². The van der Waals surface area contributed by atoms with E-state index >= 15 is 0 Å². The van der Waals surface area contributed by atoms with E-state index in [1.807, 2.05) is 0 Å². The summed E-state index contributed by atoms with van der Waals surface area (Å²) in [6.07, 6.45) is 3.40. The summed E-state index contributed by atoms with van der Waals surface area (Å²) in [7, 11) is 0. The summed E-state index contributed by atoms with van der Waals surface area (Å²) < 4.78 is 10.4. The Morgan fingerprint density at radius 1 is 1.53 bits per heavy atom. The number of hydrogen-bond donors (Lipinski definition) is 0. The van der Waals surface area contributed by atoms with Gasteiger partial charge in [-0.3, -0.25) is 4.79 Å². The van der Waals surface area contributed by atoms with Crippen LogP contribution in [0.15, 0.2) is 0 Å². The van der Waals surface area contributed by atoms with Crippen LogP contribution in [0.2, 0.25) is 0 Å². The maximum Gasteiger partial charge on any atom is 0.343 e. The zero-order chi connectivity index (χ0) is 10.9. The summed E-state index contributed by atoms with van der Waals surface area (Å²) in [6, 6.07) is 0. The summed E-state index contributed by atoms with van der Waals surface area (Å²) in [5.41, 5.74) is -0.339. The van der Waals surface area contributed by atoms with Crippen LogP contribution in [0.5, 0.6) is 0 Å². The van der Waals surface area contributed by atoms with Crippen molar-refractivity contribution >= 4 is 11.8 Å². The van der Waals surface area contributed by atoms with E-state index < -0.39 is 12.1 Å². The summed E-state index contributed by atoms with van der Waals surface area (Å²) >= 11 is 0. The lowest BCUT2D eigenvalue weighted by Gasteiger charge is -2.21. The first-order chi connectivity index (χ1) is 7.17. The largest absolute Gasteiger partial charge is 0.464 e. The van der Waals surface area contributed by atoms with E-state index in [4.69, 9.17) is 9.47 Å². The molecule has 0 aromatic rings. The van der Waals surface area contributed by atoms with Gasteiger partial charge in [-0.05, 0) is 19.8 Å². The van der Waals surface area contributed by atoms with Crippen LogP contribution in [0.3, 0.4) is 0 Å². The van der Waals surface area contributed by atoms with E-state index in [-0.39, 0.29) is 11.4 Å². The highest BCUT2D eigenvalue weighted by atomic mass is 16.6. The fraction of sp³-hybridized carbons (Fsp3) is 0.818. The van der Waals surface area contributed by atoms with E-state index in [2.05, 4.69) is 0 Å². The van der Waals surface area contributed by atoms with E-state index in [1.165, 1.54) is 0 Å². The molecule has 0 aromatic heterocycles. The highest BCUT2D eigenvalue weighted by Gasteiger charge is 2.50. The fourth-order valence-corrected chi connectivity index (χ4v) is 2.48. The number of carbonyl (C=O) groups excluding carboxylic acids is 2. The molecule has 0 amide bonds. The highest BCUT2D eigenvalue weighted by Crippen LogP contribution is 2.41. The van der Waals surface area contributed by atoms with Gasteiger partial charge in [-0.25, -0.2) is 4.79 Å².